The Bertz CT molecular complexity index is 362. The minimum absolute atomic E-state index is 0.385. The van der Waals surface area contributed by atoms with Crippen molar-refractivity contribution < 1.29 is 5.11 Å². The number of hydrogen-bond donors (Lipinski definition) is 2. The number of aromatic nitrogens is 2. The number of hydrogen-bond acceptors (Lipinski definition) is 4. The fraction of sp³-hybridized carbons (Fsp3) is 0.769. The van der Waals surface area contributed by atoms with Crippen LogP contribution in [0.4, 0.5) is 5.69 Å². The molecular weight excluding hydrogens is 228 g/mol. The van der Waals surface area contributed by atoms with E-state index in [1.54, 1.807) is 17.1 Å². The standard InChI is InChI=1S/C13H24N4O/c1-2-16(7-11-4-3-5-11)9-13(18)10-17-8-12(14)6-15-17/h6,8,11,13,18H,2-5,7,9-10,14H2,1H3. The summed E-state index contributed by atoms with van der Waals surface area (Å²) in [5.74, 6) is 0.845. The molecule has 18 heavy (non-hydrogen) atoms. The first-order valence-electron chi connectivity index (χ1n) is 6.85. The Balaban J connectivity index is 1.75. The molecule has 1 fully saturated rings. The smallest absolute Gasteiger partial charge is 0.0862 e. The summed E-state index contributed by atoms with van der Waals surface area (Å²) in [7, 11) is 0. The Morgan fingerprint density at radius 1 is 1.61 bits per heavy atom. The number of anilines is 1. The van der Waals surface area contributed by atoms with Gasteiger partial charge in [0.25, 0.3) is 0 Å². The van der Waals surface area contributed by atoms with Crippen LogP contribution in [-0.4, -0.2) is 45.5 Å². The van der Waals surface area contributed by atoms with Crippen LogP contribution in [0.25, 0.3) is 0 Å². The second kappa shape index (κ2) is 6.20. The molecule has 102 valence electrons. The average Bonchev–Trinajstić information content (AvgIpc) is 2.67. The first-order valence-corrected chi connectivity index (χ1v) is 6.85. The van der Waals surface area contributed by atoms with Gasteiger partial charge < -0.3 is 15.7 Å². The van der Waals surface area contributed by atoms with Gasteiger partial charge in [0, 0.05) is 19.3 Å². The summed E-state index contributed by atoms with van der Waals surface area (Å²) in [6.45, 7) is 5.49. The molecule has 5 heteroatoms. The summed E-state index contributed by atoms with van der Waals surface area (Å²) >= 11 is 0. The quantitative estimate of drug-likeness (QED) is 0.758. The van der Waals surface area contributed by atoms with Gasteiger partial charge in [-0.1, -0.05) is 13.3 Å². The number of likely N-dealkylation sites (N-methyl/N-ethyl adjacent to an activating group) is 1. The molecule has 1 aliphatic carbocycles. The lowest BCUT2D eigenvalue weighted by atomic mass is 9.85. The molecule has 0 amide bonds. The molecule has 0 bridgehead atoms. The fourth-order valence-corrected chi connectivity index (χ4v) is 2.42. The molecule has 0 spiro atoms. The highest BCUT2D eigenvalue weighted by atomic mass is 16.3. The Hall–Kier alpha value is -1.07. The van der Waals surface area contributed by atoms with E-state index in [1.807, 2.05) is 0 Å². The van der Waals surface area contributed by atoms with Crippen molar-refractivity contribution in [1.29, 1.82) is 0 Å². The van der Waals surface area contributed by atoms with E-state index in [9.17, 15) is 5.11 Å². The Kier molecular flexibility index (Phi) is 4.60. The van der Waals surface area contributed by atoms with Crippen LogP contribution in [0.3, 0.4) is 0 Å². The molecule has 1 aliphatic rings. The minimum Gasteiger partial charge on any atom is -0.396 e. The van der Waals surface area contributed by atoms with Gasteiger partial charge in [-0.05, 0) is 25.3 Å². The largest absolute Gasteiger partial charge is 0.396 e. The van der Waals surface area contributed by atoms with Gasteiger partial charge in [0.1, 0.15) is 0 Å². The molecule has 0 saturated heterocycles. The Morgan fingerprint density at radius 3 is 2.89 bits per heavy atom. The van der Waals surface area contributed by atoms with Gasteiger partial charge in [0.2, 0.25) is 0 Å². The average molecular weight is 252 g/mol. The maximum absolute atomic E-state index is 10.1. The monoisotopic (exact) mass is 252 g/mol. The predicted octanol–water partition coefficient (Wildman–Crippen LogP) is 0.948. The molecule has 1 aromatic rings. The van der Waals surface area contributed by atoms with Gasteiger partial charge in [-0.15, -0.1) is 0 Å². The minimum atomic E-state index is -0.385. The van der Waals surface area contributed by atoms with Crippen molar-refractivity contribution in [2.75, 3.05) is 25.4 Å². The SMILES string of the molecule is CCN(CC(O)Cn1cc(N)cn1)CC1CCC1. The molecule has 1 heterocycles. The van der Waals surface area contributed by atoms with E-state index in [2.05, 4.69) is 16.9 Å². The highest BCUT2D eigenvalue weighted by Crippen LogP contribution is 2.27. The summed E-state index contributed by atoms with van der Waals surface area (Å²) in [6.07, 6.45) is 7.05. The molecule has 0 aliphatic heterocycles. The maximum Gasteiger partial charge on any atom is 0.0862 e. The van der Waals surface area contributed by atoms with Crippen LogP contribution in [-0.2, 0) is 6.54 Å². The van der Waals surface area contributed by atoms with E-state index >= 15 is 0 Å². The zero-order valence-corrected chi connectivity index (χ0v) is 11.1. The fourth-order valence-electron chi connectivity index (χ4n) is 2.42. The number of aliphatic hydroxyl groups is 1. The summed E-state index contributed by atoms with van der Waals surface area (Å²) in [4.78, 5) is 2.33. The maximum atomic E-state index is 10.1. The van der Waals surface area contributed by atoms with Crippen LogP contribution in [0.5, 0.6) is 0 Å². The third kappa shape index (κ3) is 3.71. The molecule has 1 atom stereocenters. The summed E-state index contributed by atoms with van der Waals surface area (Å²) in [5.41, 5.74) is 6.24. The Labute approximate surface area is 109 Å². The van der Waals surface area contributed by atoms with Crippen molar-refractivity contribution in [3.05, 3.63) is 12.4 Å². The third-order valence-electron chi connectivity index (χ3n) is 3.71. The van der Waals surface area contributed by atoms with E-state index < -0.39 is 0 Å². The molecular formula is C13H24N4O. The highest BCUT2D eigenvalue weighted by molar-refractivity contribution is 5.30. The number of aliphatic hydroxyl groups excluding tert-OH is 1. The normalized spacial score (nSPS) is 17.9. The number of nitrogens with zero attached hydrogens (tertiary/aromatic N) is 3. The van der Waals surface area contributed by atoms with Crippen molar-refractivity contribution in [1.82, 2.24) is 14.7 Å². The van der Waals surface area contributed by atoms with Gasteiger partial charge in [-0.3, -0.25) is 4.68 Å². The highest BCUT2D eigenvalue weighted by Gasteiger charge is 2.21. The molecule has 1 unspecified atom stereocenters. The van der Waals surface area contributed by atoms with Gasteiger partial charge in [0.05, 0.1) is 24.5 Å². The number of nitrogens with two attached hydrogens (primary N) is 1. The van der Waals surface area contributed by atoms with E-state index in [0.29, 0.717) is 18.8 Å². The van der Waals surface area contributed by atoms with Crippen LogP contribution in [0.2, 0.25) is 0 Å². The van der Waals surface area contributed by atoms with Crippen LogP contribution >= 0.6 is 0 Å². The molecule has 2 rings (SSSR count). The number of nitrogen functional groups attached to an aromatic ring is 1. The van der Waals surface area contributed by atoms with Gasteiger partial charge in [-0.25, -0.2) is 0 Å². The van der Waals surface area contributed by atoms with Crippen molar-refractivity contribution in [3.8, 4) is 0 Å². The van der Waals surface area contributed by atoms with Crippen LogP contribution in [0.15, 0.2) is 12.4 Å². The van der Waals surface area contributed by atoms with E-state index in [-0.39, 0.29) is 6.10 Å². The molecule has 1 saturated carbocycles. The van der Waals surface area contributed by atoms with Crippen molar-refractivity contribution >= 4 is 5.69 Å². The van der Waals surface area contributed by atoms with Gasteiger partial charge in [-0.2, -0.15) is 5.10 Å². The first kappa shape index (κ1) is 13.4. The van der Waals surface area contributed by atoms with Crippen LogP contribution in [0.1, 0.15) is 26.2 Å². The van der Waals surface area contributed by atoms with Crippen molar-refractivity contribution in [3.63, 3.8) is 0 Å². The molecule has 0 radical (unpaired) electrons. The Morgan fingerprint density at radius 2 is 2.39 bits per heavy atom. The predicted molar refractivity (Wildman–Crippen MR) is 72.1 cm³/mol. The first-order chi connectivity index (χ1) is 8.67. The second-order valence-electron chi connectivity index (χ2n) is 5.30. The summed E-state index contributed by atoms with van der Waals surface area (Å²) < 4.78 is 1.71. The van der Waals surface area contributed by atoms with Gasteiger partial charge in [0.15, 0.2) is 0 Å². The second-order valence-corrected chi connectivity index (χ2v) is 5.30. The van der Waals surface area contributed by atoms with E-state index in [4.69, 9.17) is 5.73 Å². The van der Waals surface area contributed by atoms with Crippen molar-refractivity contribution in [2.24, 2.45) is 5.92 Å². The third-order valence-corrected chi connectivity index (χ3v) is 3.71. The molecule has 5 nitrogen and oxygen atoms in total. The van der Waals surface area contributed by atoms with Crippen LogP contribution < -0.4 is 5.73 Å². The molecule has 0 aromatic carbocycles. The summed E-state index contributed by atoms with van der Waals surface area (Å²) in [6, 6.07) is 0. The van der Waals surface area contributed by atoms with E-state index in [1.165, 1.54) is 19.3 Å². The lowest BCUT2D eigenvalue weighted by Gasteiger charge is -2.32. The summed E-state index contributed by atoms with van der Waals surface area (Å²) in [5, 5.41) is 14.2. The zero-order chi connectivity index (χ0) is 13.0. The molecule has 1 aromatic heterocycles. The topological polar surface area (TPSA) is 67.3 Å². The van der Waals surface area contributed by atoms with Crippen LogP contribution in [0, 0.1) is 5.92 Å². The van der Waals surface area contributed by atoms with Crippen molar-refractivity contribution in [2.45, 2.75) is 38.8 Å². The van der Waals surface area contributed by atoms with Gasteiger partial charge >= 0.3 is 0 Å². The number of rotatable bonds is 7. The lowest BCUT2D eigenvalue weighted by molar-refractivity contribution is 0.0803. The van der Waals surface area contributed by atoms with E-state index in [0.717, 1.165) is 19.0 Å². The lowest BCUT2D eigenvalue weighted by Crippen LogP contribution is -2.39. The molecule has 3 N–H and O–H groups in total. The zero-order valence-electron chi connectivity index (χ0n) is 11.1.